The normalized spacial score (nSPS) is 15.6. The number of hydroxylamine groups is 2. The van der Waals surface area contributed by atoms with E-state index in [0.717, 1.165) is 10.6 Å². The summed E-state index contributed by atoms with van der Waals surface area (Å²) in [6, 6.07) is 9.47. The molecule has 2 rings (SSSR count). The van der Waals surface area contributed by atoms with Crippen molar-refractivity contribution in [2.75, 3.05) is 26.2 Å². The van der Waals surface area contributed by atoms with Crippen molar-refractivity contribution in [3.63, 3.8) is 0 Å². The van der Waals surface area contributed by atoms with Gasteiger partial charge in [-0.15, -0.1) is 0 Å². The van der Waals surface area contributed by atoms with Crippen molar-refractivity contribution in [3.8, 4) is 0 Å². The zero-order chi connectivity index (χ0) is 17.6. The van der Waals surface area contributed by atoms with Gasteiger partial charge in [0.25, 0.3) is 0 Å². The van der Waals surface area contributed by atoms with Crippen LogP contribution in [0.25, 0.3) is 0 Å². The molecule has 1 heterocycles. The summed E-state index contributed by atoms with van der Waals surface area (Å²) in [5.41, 5.74) is 0.327. The number of ether oxygens (including phenoxy) is 2. The molecule has 0 N–H and O–H groups in total. The highest BCUT2D eigenvalue weighted by molar-refractivity contribution is 5.69. The predicted octanol–water partition coefficient (Wildman–Crippen LogP) is 2.81. The molecule has 0 saturated carbocycles. The Morgan fingerprint density at radius 1 is 1.08 bits per heavy atom. The standard InChI is InChI=1S/C17H24N2O5/c1-17(2,3)24-16(21)19-10-9-18(11-12-23-19)15(20)22-13-14-7-5-4-6-8-14/h4-8H,9-13H2,1-3H3. The molecule has 0 spiro atoms. The molecule has 132 valence electrons. The number of carbonyl (C=O) groups is 2. The first-order valence-electron chi connectivity index (χ1n) is 7.94. The minimum atomic E-state index is -0.596. The summed E-state index contributed by atoms with van der Waals surface area (Å²) in [5.74, 6) is 0. The molecule has 0 bridgehead atoms. The molecular formula is C17H24N2O5. The summed E-state index contributed by atoms with van der Waals surface area (Å²) in [4.78, 5) is 31.0. The van der Waals surface area contributed by atoms with E-state index in [1.165, 1.54) is 4.90 Å². The molecule has 1 aromatic carbocycles. The Hall–Kier alpha value is -2.28. The van der Waals surface area contributed by atoms with Gasteiger partial charge in [0.2, 0.25) is 0 Å². The highest BCUT2D eigenvalue weighted by Gasteiger charge is 2.27. The van der Waals surface area contributed by atoms with Gasteiger partial charge >= 0.3 is 12.2 Å². The van der Waals surface area contributed by atoms with Crippen molar-refractivity contribution < 1.29 is 23.9 Å². The molecular weight excluding hydrogens is 312 g/mol. The van der Waals surface area contributed by atoms with Crippen LogP contribution in [-0.4, -0.2) is 54.0 Å². The fraction of sp³-hybridized carbons (Fsp3) is 0.529. The largest absolute Gasteiger partial charge is 0.445 e. The molecule has 1 aromatic rings. The zero-order valence-corrected chi connectivity index (χ0v) is 14.4. The lowest BCUT2D eigenvalue weighted by Gasteiger charge is -2.25. The number of benzene rings is 1. The number of amides is 2. The van der Waals surface area contributed by atoms with E-state index in [1.807, 2.05) is 30.3 Å². The van der Waals surface area contributed by atoms with Crippen molar-refractivity contribution in [2.24, 2.45) is 0 Å². The molecule has 7 heteroatoms. The van der Waals surface area contributed by atoms with Crippen LogP contribution in [0.2, 0.25) is 0 Å². The molecule has 0 unspecified atom stereocenters. The van der Waals surface area contributed by atoms with Crippen molar-refractivity contribution in [1.29, 1.82) is 0 Å². The van der Waals surface area contributed by atoms with E-state index in [1.54, 1.807) is 20.8 Å². The Kier molecular flexibility index (Phi) is 6.03. The van der Waals surface area contributed by atoms with Gasteiger partial charge < -0.3 is 14.4 Å². The summed E-state index contributed by atoms with van der Waals surface area (Å²) in [6.07, 6.45) is -0.976. The predicted molar refractivity (Wildman–Crippen MR) is 87.1 cm³/mol. The Morgan fingerprint density at radius 2 is 1.79 bits per heavy atom. The number of rotatable bonds is 2. The average molecular weight is 336 g/mol. The van der Waals surface area contributed by atoms with Crippen LogP contribution >= 0.6 is 0 Å². The molecule has 0 radical (unpaired) electrons. The van der Waals surface area contributed by atoms with Gasteiger partial charge in [-0.3, -0.25) is 4.84 Å². The third kappa shape index (κ3) is 5.73. The number of nitrogens with zero attached hydrogens (tertiary/aromatic N) is 2. The molecule has 24 heavy (non-hydrogen) atoms. The second kappa shape index (κ2) is 8.01. The van der Waals surface area contributed by atoms with Gasteiger partial charge in [-0.1, -0.05) is 30.3 Å². The van der Waals surface area contributed by atoms with Gasteiger partial charge in [0.05, 0.1) is 19.7 Å². The topological polar surface area (TPSA) is 68.3 Å². The number of carbonyl (C=O) groups excluding carboxylic acids is 2. The maximum Gasteiger partial charge on any atom is 0.434 e. The minimum Gasteiger partial charge on any atom is -0.445 e. The lowest BCUT2D eigenvalue weighted by atomic mass is 10.2. The van der Waals surface area contributed by atoms with E-state index in [-0.39, 0.29) is 19.8 Å². The molecule has 0 atom stereocenters. The first-order valence-corrected chi connectivity index (χ1v) is 7.94. The van der Waals surface area contributed by atoms with E-state index in [4.69, 9.17) is 14.3 Å². The monoisotopic (exact) mass is 336 g/mol. The van der Waals surface area contributed by atoms with Gasteiger partial charge in [0.15, 0.2) is 0 Å². The van der Waals surface area contributed by atoms with Crippen molar-refractivity contribution in [2.45, 2.75) is 33.0 Å². The van der Waals surface area contributed by atoms with Gasteiger partial charge in [-0.05, 0) is 26.3 Å². The van der Waals surface area contributed by atoms with Gasteiger partial charge in [0.1, 0.15) is 12.2 Å². The highest BCUT2D eigenvalue weighted by atomic mass is 16.7. The van der Waals surface area contributed by atoms with Crippen LogP contribution in [0.5, 0.6) is 0 Å². The van der Waals surface area contributed by atoms with Crippen LogP contribution in [0, 0.1) is 0 Å². The van der Waals surface area contributed by atoms with Crippen LogP contribution in [0.4, 0.5) is 9.59 Å². The van der Waals surface area contributed by atoms with Crippen LogP contribution in [-0.2, 0) is 20.9 Å². The van der Waals surface area contributed by atoms with Gasteiger partial charge in [0, 0.05) is 6.54 Å². The van der Waals surface area contributed by atoms with Gasteiger partial charge in [-0.2, -0.15) is 5.06 Å². The Bertz CT molecular complexity index is 556. The first kappa shape index (κ1) is 18.1. The first-order chi connectivity index (χ1) is 11.3. The summed E-state index contributed by atoms with van der Waals surface area (Å²) in [6.45, 7) is 6.70. The molecule has 0 aromatic heterocycles. The molecule has 2 amide bonds. The van der Waals surface area contributed by atoms with E-state index >= 15 is 0 Å². The summed E-state index contributed by atoms with van der Waals surface area (Å²) < 4.78 is 10.6. The lowest BCUT2D eigenvalue weighted by Crippen LogP contribution is -2.39. The smallest absolute Gasteiger partial charge is 0.434 e. The highest BCUT2D eigenvalue weighted by Crippen LogP contribution is 2.12. The lowest BCUT2D eigenvalue weighted by molar-refractivity contribution is -0.137. The third-order valence-electron chi connectivity index (χ3n) is 3.24. The Morgan fingerprint density at radius 3 is 2.46 bits per heavy atom. The number of hydrogen-bond acceptors (Lipinski definition) is 5. The second-order valence-corrected chi connectivity index (χ2v) is 6.44. The maximum atomic E-state index is 12.1. The fourth-order valence-corrected chi connectivity index (χ4v) is 2.10. The molecule has 1 aliphatic heterocycles. The SMILES string of the molecule is CC(C)(C)OC(=O)N1CCN(C(=O)OCc2ccccc2)CCO1. The summed E-state index contributed by atoms with van der Waals surface area (Å²) in [7, 11) is 0. The van der Waals surface area contributed by atoms with E-state index in [0.29, 0.717) is 13.1 Å². The summed E-state index contributed by atoms with van der Waals surface area (Å²) >= 11 is 0. The molecule has 1 aliphatic rings. The Balaban J connectivity index is 1.81. The van der Waals surface area contributed by atoms with Crippen LogP contribution in [0.15, 0.2) is 30.3 Å². The molecule has 0 aliphatic carbocycles. The van der Waals surface area contributed by atoms with Crippen LogP contribution in [0.1, 0.15) is 26.3 Å². The summed E-state index contributed by atoms with van der Waals surface area (Å²) in [5, 5.41) is 1.15. The molecule has 1 saturated heterocycles. The van der Waals surface area contributed by atoms with Gasteiger partial charge in [-0.25, -0.2) is 9.59 Å². The molecule has 7 nitrogen and oxygen atoms in total. The van der Waals surface area contributed by atoms with Crippen molar-refractivity contribution in [1.82, 2.24) is 9.96 Å². The van der Waals surface area contributed by atoms with E-state index in [2.05, 4.69) is 0 Å². The minimum absolute atomic E-state index is 0.208. The average Bonchev–Trinajstić information content (AvgIpc) is 2.78. The van der Waals surface area contributed by atoms with Crippen LogP contribution < -0.4 is 0 Å². The number of hydrogen-bond donors (Lipinski definition) is 0. The Labute approximate surface area is 142 Å². The molecule has 1 fully saturated rings. The fourth-order valence-electron chi connectivity index (χ4n) is 2.10. The maximum absolute atomic E-state index is 12.1. The van der Waals surface area contributed by atoms with Crippen LogP contribution in [0.3, 0.4) is 0 Å². The quantitative estimate of drug-likeness (QED) is 0.831. The second-order valence-electron chi connectivity index (χ2n) is 6.44. The van der Waals surface area contributed by atoms with Crippen molar-refractivity contribution >= 4 is 12.2 Å². The third-order valence-corrected chi connectivity index (χ3v) is 3.24. The van der Waals surface area contributed by atoms with Crippen molar-refractivity contribution in [3.05, 3.63) is 35.9 Å². The van der Waals surface area contributed by atoms with E-state index < -0.39 is 17.8 Å². The zero-order valence-electron chi connectivity index (χ0n) is 14.4. The van der Waals surface area contributed by atoms with E-state index in [9.17, 15) is 9.59 Å².